The smallest absolute Gasteiger partial charge is 0.462 e. The topological polar surface area (TPSA) is 270 Å². The number of rotatable bonds is 36. The molecule has 9 N–H and O–H groups in total. The Hall–Kier alpha value is -2.83. The van der Waals surface area contributed by atoms with Gasteiger partial charge in [-0.3, -0.25) is 18.6 Å². The molecule has 1 saturated carbocycles. The van der Waals surface area contributed by atoms with Gasteiger partial charge in [-0.15, -0.1) is 0 Å². The van der Waals surface area contributed by atoms with E-state index < -0.39 is 94.0 Å². The molecule has 17 heteroatoms. The number of phosphoric ester groups is 1. The van der Waals surface area contributed by atoms with Gasteiger partial charge < -0.3 is 55.2 Å². The van der Waals surface area contributed by atoms with Gasteiger partial charge in [0.1, 0.15) is 43.2 Å². The summed E-state index contributed by atoms with van der Waals surface area (Å²) >= 11 is 0. The van der Waals surface area contributed by atoms with E-state index in [-0.39, 0.29) is 25.7 Å². The molecule has 0 spiro atoms. The zero-order valence-electron chi connectivity index (χ0n) is 37.9. The number of allylic oxidation sites excluding steroid dienone is 8. The molecule has 0 aliphatic heterocycles. The Morgan fingerprint density at radius 2 is 1.09 bits per heavy atom. The summed E-state index contributed by atoms with van der Waals surface area (Å²) in [6, 6.07) is 0. The molecule has 1 aliphatic rings. The lowest BCUT2D eigenvalue weighted by Gasteiger charge is -2.41. The number of hydrogen-bond donors (Lipinski definition) is 9. The molecule has 1 rings (SSSR count). The molecule has 1 fully saturated rings. The third-order valence-electron chi connectivity index (χ3n) is 10.4. The van der Waals surface area contributed by atoms with E-state index >= 15 is 0 Å². The van der Waals surface area contributed by atoms with Crippen LogP contribution in [0.1, 0.15) is 136 Å². The van der Waals surface area contributed by atoms with Gasteiger partial charge in [-0.05, 0) is 57.8 Å². The average Bonchev–Trinajstić information content (AvgIpc) is 3.26. The molecule has 9 atom stereocenters. The van der Waals surface area contributed by atoms with Crippen LogP contribution in [0.15, 0.2) is 72.9 Å². The number of hydrogen-bond acceptors (Lipinski definition) is 15. The molecule has 9 unspecified atom stereocenters. The number of aliphatic hydroxyl groups is 8. The summed E-state index contributed by atoms with van der Waals surface area (Å²) in [5, 5.41) is 80.0. The summed E-state index contributed by atoms with van der Waals surface area (Å²) in [5.74, 6) is -1.38. The first-order valence-electron chi connectivity index (χ1n) is 23.1. The molecule has 0 bridgehead atoms. The third-order valence-corrected chi connectivity index (χ3v) is 11.4. The van der Waals surface area contributed by atoms with Gasteiger partial charge >= 0.3 is 19.8 Å². The number of esters is 2. The van der Waals surface area contributed by atoms with Crippen LogP contribution in [0.25, 0.3) is 0 Å². The molecular formula is C47H79O16P. The number of phosphoric acid groups is 1. The number of carbonyl (C=O) groups excluding carboxylic acids is 2. The summed E-state index contributed by atoms with van der Waals surface area (Å²) in [7, 11) is -5.20. The van der Waals surface area contributed by atoms with Crippen molar-refractivity contribution in [3.8, 4) is 0 Å². The van der Waals surface area contributed by atoms with Crippen LogP contribution in [-0.4, -0.2) is 132 Å². The van der Waals surface area contributed by atoms with Gasteiger partial charge in [0.25, 0.3) is 0 Å². The largest absolute Gasteiger partial charge is 0.472 e. The quantitative estimate of drug-likeness (QED) is 0.0121. The van der Waals surface area contributed by atoms with Crippen molar-refractivity contribution in [1.82, 2.24) is 0 Å². The molecular weight excluding hydrogens is 851 g/mol. The first-order valence-corrected chi connectivity index (χ1v) is 24.6. The standard InChI is InChI=1S/C47H79O16P/c1-3-5-6-7-8-9-10-11-12-13-14-15-16-17-25-32-40(51)60-34-39(35-61-64(58,59)63-47-45(56)43(54)42(53)44(55)46(47)57)62-41(52)33-26-31-38(50)29-22-19-18-21-28-37(49)30-24-20-23-27-36(48)4-2/h11-12,18-24,27-29,36-39,42-50,53-57H,3-10,13-17,25-26,30-35H2,1-2H3,(H,58,59)/b12-11-,19-18-,24-20-,27-23+,28-21+,29-22+. The van der Waals surface area contributed by atoms with Crippen molar-refractivity contribution < 1.29 is 78.4 Å². The van der Waals surface area contributed by atoms with Crippen molar-refractivity contribution in [1.29, 1.82) is 0 Å². The monoisotopic (exact) mass is 931 g/mol. The minimum Gasteiger partial charge on any atom is -0.462 e. The molecule has 0 aromatic carbocycles. The second kappa shape index (κ2) is 36.3. The van der Waals surface area contributed by atoms with Gasteiger partial charge in [-0.1, -0.05) is 138 Å². The summed E-state index contributed by atoms with van der Waals surface area (Å²) < 4.78 is 33.3. The number of ether oxygens (including phenoxy) is 2. The zero-order chi connectivity index (χ0) is 47.6. The second-order valence-corrected chi connectivity index (χ2v) is 17.5. The molecule has 0 saturated heterocycles. The van der Waals surface area contributed by atoms with Gasteiger partial charge in [0.2, 0.25) is 0 Å². The maximum atomic E-state index is 12.8. The number of aliphatic hydroxyl groups excluding tert-OH is 8. The van der Waals surface area contributed by atoms with Gasteiger partial charge in [-0.2, -0.15) is 0 Å². The van der Waals surface area contributed by atoms with Crippen molar-refractivity contribution in [3.63, 3.8) is 0 Å². The average molecular weight is 931 g/mol. The highest BCUT2D eigenvalue weighted by Crippen LogP contribution is 2.47. The van der Waals surface area contributed by atoms with Gasteiger partial charge in [0, 0.05) is 12.8 Å². The number of carbonyl (C=O) groups is 2. The highest BCUT2D eigenvalue weighted by Gasteiger charge is 2.51. The Morgan fingerprint density at radius 1 is 0.578 bits per heavy atom. The molecule has 0 heterocycles. The molecule has 0 aromatic rings. The summed E-state index contributed by atoms with van der Waals surface area (Å²) in [6.45, 7) is 2.70. The highest BCUT2D eigenvalue weighted by atomic mass is 31.2. The van der Waals surface area contributed by atoms with E-state index in [1.54, 1.807) is 54.7 Å². The minimum absolute atomic E-state index is 0.0932. The van der Waals surface area contributed by atoms with E-state index in [1.165, 1.54) is 44.6 Å². The predicted molar refractivity (Wildman–Crippen MR) is 243 cm³/mol. The maximum Gasteiger partial charge on any atom is 0.472 e. The van der Waals surface area contributed by atoms with Crippen molar-refractivity contribution in [2.24, 2.45) is 0 Å². The lowest BCUT2D eigenvalue weighted by atomic mass is 9.85. The SMILES string of the molecule is CCCCCCCC/C=C\CCCCCCCC(=O)OCC(COP(=O)(O)OC1C(O)C(O)C(O)C(O)C1O)OC(=O)CCCC(O)/C=C/C=C\C=C\C(O)C/C=C\C=C\C(O)CC. The Bertz CT molecular complexity index is 1450. The molecule has 16 nitrogen and oxygen atoms in total. The Labute approximate surface area is 380 Å². The van der Waals surface area contributed by atoms with Crippen LogP contribution in [0.3, 0.4) is 0 Å². The van der Waals surface area contributed by atoms with Crippen LogP contribution in [0.5, 0.6) is 0 Å². The van der Waals surface area contributed by atoms with Gasteiger partial charge in [0.05, 0.1) is 24.9 Å². The fourth-order valence-corrected chi connectivity index (χ4v) is 7.38. The summed E-state index contributed by atoms with van der Waals surface area (Å²) in [6.07, 6.45) is 20.9. The lowest BCUT2D eigenvalue weighted by Crippen LogP contribution is -2.64. The van der Waals surface area contributed by atoms with E-state index in [0.717, 1.165) is 38.5 Å². The molecule has 0 aromatic heterocycles. The lowest BCUT2D eigenvalue weighted by molar-refractivity contribution is -0.220. The molecule has 64 heavy (non-hydrogen) atoms. The number of unbranched alkanes of at least 4 members (excludes halogenated alkanes) is 11. The van der Waals surface area contributed by atoms with E-state index in [1.807, 2.05) is 6.92 Å². The van der Waals surface area contributed by atoms with Crippen LogP contribution >= 0.6 is 7.82 Å². The zero-order valence-corrected chi connectivity index (χ0v) is 38.8. The first kappa shape index (κ1) is 59.2. The van der Waals surface area contributed by atoms with Crippen LogP contribution in [0.4, 0.5) is 0 Å². The van der Waals surface area contributed by atoms with E-state index in [4.69, 9.17) is 18.5 Å². The Morgan fingerprint density at radius 3 is 1.70 bits per heavy atom. The van der Waals surface area contributed by atoms with Crippen LogP contribution in [-0.2, 0) is 32.7 Å². The predicted octanol–water partition coefficient (Wildman–Crippen LogP) is 5.63. The van der Waals surface area contributed by atoms with Gasteiger partial charge in [-0.25, -0.2) is 4.57 Å². The Balaban J connectivity index is 2.61. The normalized spacial score (nSPS) is 23.7. The molecule has 0 amide bonds. The fraction of sp³-hybridized carbons (Fsp3) is 0.702. The fourth-order valence-electron chi connectivity index (χ4n) is 6.41. The Kier molecular flexibility index (Phi) is 33.6. The van der Waals surface area contributed by atoms with Crippen molar-refractivity contribution in [3.05, 3.63) is 72.9 Å². The van der Waals surface area contributed by atoms with E-state index in [9.17, 15) is 59.9 Å². The second-order valence-electron chi connectivity index (χ2n) is 16.1. The molecule has 368 valence electrons. The maximum absolute atomic E-state index is 12.8. The van der Waals surface area contributed by atoms with Crippen molar-refractivity contribution in [2.75, 3.05) is 13.2 Å². The third kappa shape index (κ3) is 28.9. The summed E-state index contributed by atoms with van der Waals surface area (Å²) in [5.41, 5.74) is 0. The molecule has 1 aliphatic carbocycles. The first-order chi connectivity index (χ1) is 30.6. The van der Waals surface area contributed by atoms with Crippen molar-refractivity contribution in [2.45, 2.75) is 197 Å². The van der Waals surface area contributed by atoms with Crippen LogP contribution in [0, 0.1) is 0 Å². The minimum atomic E-state index is -5.20. The van der Waals surface area contributed by atoms with Gasteiger partial charge in [0.15, 0.2) is 6.10 Å². The van der Waals surface area contributed by atoms with Crippen LogP contribution in [0.2, 0.25) is 0 Å². The highest BCUT2D eigenvalue weighted by molar-refractivity contribution is 7.47. The molecule has 0 radical (unpaired) electrons. The van der Waals surface area contributed by atoms with E-state index in [2.05, 4.69) is 19.1 Å². The van der Waals surface area contributed by atoms with Crippen LogP contribution < -0.4 is 0 Å². The summed E-state index contributed by atoms with van der Waals surface area (Å²) in [4.78, 5) is 35.7. The van der Waals surface area contributed by atoms with Crippen molar-refractivity contribution >= 4 is 19.8 Å². The van der Waals surface area contributed by atoms with E-state index in [0.29, 0.717) is 19.3 Å².